The molecular weight excluding hydrogens is 225 g/mol. The molecule has 3 rings (SSSR count). The standard InChI is InChI=1S/C10H8FN5O/c11-7-3-8-5(1-6(7)4-12)2-9(17-8)10-13-15-16-14-10/h1-3H,4,12H2,(H,13,14,15,16). The summed E-state index contributed by atoms with van der Waals surface area (Å²) in [5.74, 6) is 0.382. The van der Waals surface area contributed by atoms with E-state index in [1.807, 2.05) is 0 Å². The van der Waals surface area contributed by atoms with Gasteiger partial charge >= 0.3 is 0 Å². The lowest BCUT2D eigenvalue weighted by Crippen LogP contribution is -1.98. The number of nitrogens with zero attached hydrogens (tertiary/aromatic N) is 3. The van der Waals surface area contributed by atoms with E-state index in [1.54, 1.807) is 12.1 Å². The summed E-state index contributed by atoms with van der Waals surface area (Å²) in [6.45, 7) is 0.143. The second-order valence-corrected chi connectivity index (χ2v) is 3.53. The Balaban J connectivity index is 2.19. The van der Waals surface area contributed by atoms with Crippen molar-refractivity contribution in [3.8, 4) is 11.6 Å². The molecule has 0 atom stereocenters. The van der Waals surface area contributed by atoms with Crippen LogP contribution in [0.4, 0.5) is 4.39 Å². The van der Waals surface area contributed by atoms with Crippen LogP contribution in [0.2, 0.25) is 0 Å². The topological polar surface area (TPSA) is 93.6 Å². The van der Waals surface area contributed by atoms with Gasteiger partial charge in [-0.1, -0.05) is 0 Å². The molecule has 2 heterocycles. The van der Waals surface area contributed by atoms with Gasteiger partial charge in [-0.25, -0.2) is 4.39 Å². The number of furan rings is 1. The first-order chi connectivity index (χ1) is 8.28. The summed E-state index contributed by atoms with van der Waals surface area (Å²) in [6, 6.07) is 4.68. The number of nitrogens with two attached hydrogens (primary N) is 1. The highest BCUT2D eigenvalue weighted by atomic mass is 19.1. The monoisotopic (exact) mass is 233 g/mol. The number of hydrogen-bond acceptors (Lipinski definition) is 5. The number of H-pyrrole nitrogens is 1. The zero-order valence-corrected chi connectivity index (χ0v) is 8.64. The van der Waals surface area contributed by atoms with Gasteiger partial charge in [0.1, 0.15) is 11.4 Å². The van der Waals surface area contributed by atoms with Crippen molar-refractivity contribution in [2.24, 2.45) is 5.73 Å². The normalized spacial score (nSPS) is 11.2. The van der Waals surface area contributed by atoms with Crippen LogP contribution in [-0.4, -0.2) is 20.6 Å². The number of halogens is 1. The Morgan fingerprint density at radius 2 is 2.24 bits per heavy atom. The molecule has 86 valence electrons. The molecule has 3 N–H and O–H groups in total. The van der Waals surface area contributed by atoms with Crippen molar-refractivity contribution in [2.75, 3.05) is 0 Å². The molecule has 0 amide bonds. The Labute approximate surface area is 94.6 Å². The van der Waals surface area contributed by atoms with E-state index in [2.05, 4.69) is 20.6 Å². The van der Waals surface area contributed by atoms with Gasteiger partial charge in [-0.15, -0.1) is 10.2 Å². The van der Waals surface area contributed by atoms with Crippen molar-refractivity contribution in [3.63, 3.8) is 0 Å². The Morgan fingerprint density at radius 3 is 2.94 bits per heavy atom. The van der Waals surface area contributed by atoms with Crippen molar-refractivity contribution in [2.45, 2.75) is 6.54 Å². The molecule has 7 heteroatoms. The zero-order chi connectivity index (χ0) is 11.8. The molecule has 1 aromatic carbocycles. The fraction of sp³-hybridized carbons (Fsp3) is 0.100. The Morgan fingerprint density at radius 1 is 1.35 bits per heavy atom. The molecule has 0 aliphatic heterocycles. The average molecular weight is 233 g/mol. The highest BCUT2D eigenvalue weighted by molar-refractivity contribution is 5.82. The van der Waals surface area contributed by atoms with Gasteiger partial charge in [0.05, 0.1) is 0 Å². The van der Waals surface area contributed by atoms with Crippen LogP contribution in [0.1, 0.15) is 5.56 Å². The van der Waals surface area contributed by atoms with Gasteiger partial charge in [0, 0.05) is 23.6 Å². The number of rotatable bonds is 2. The van der Waals surface area contributed by atoms with Crippen LogP contribution >= 0.6 is 0 Å². The quantitative estimate of drug-likeness (QED) is 0.693. The smallest absolute Gasteiger partial charge is 0.239 e. The molecule has 6 nitrogen and oxygen atoms in total. The lowest BCUT2D eigenvalue weighted by molar-refractivity contribution is 0.595. The molecule has 0 fully saturated rings. The predicted molar refractivity (Wildman–Crippen MR) is 57.2 cm³/mol. The van der Waals surface area contributed by atoms with Crippen molar-refractivity contribution < 1.29 is 8.81 Å². The van der Waals surface area contributed by atoms with Crippen LogP contribution in [0.3, 0.4) is 0 Å². The Kier molecular flexibility index (Phi) is 2.12. The van der Waals surface area contributed by atoms with Crippen LogP contribution in [0.15, 0.2) is 22.6 Å². The van der Waals surface area contributed by atoms with Gasteiger partial charge in [0.2, 0.25) is 5.82 Å². The first-order valence-electron chi connectivity index (χ1n) is 4.94. The lowest BCUT2D eigenvalue weighted by atomic mass is 10.1. The molecule has 0 saturated heterocycles. The SMILES string of the molecule is NCc1cc2cc(-c3nn[nH]n3)oc2cc1F. The van der Waals surface area contributed by atoms with Gasteiger partial charge in [-0.3, -0.25) is 0 Å². The van der Waals surface area contributed by atoms with E-state index < -0.39 is 0 Å². The lowest BCUT2D eigenvalue weighted by Gasteiger charge is -1.97. The Bertz CT molecular complexity index is 661. The summed E-state index contributed by atoms with van der Waals surface area (Å²) in [4.78, 5) is 0. The van der Waals surface area contributed by atoms with Crippen molar-refractivity contribution in [1.82, 2.24) is 20.6 Å². The van der Waals surface area contributed by atoms with Gasteiger partial charge < -0.3 is 10.2 Å². The fourth-order valence-corrected chi connectivity index (χ4v) is 1.64. The molecule has 0 saturated carbocycles. The number of benzene rings is 1. The largest absolute Gasteiger partial charge is 0.452 e. The van der Waals surface area contributed by atoms with E-state index in [1.165, 1.54) is 6.07 Å². The second kappa shape index (κ2) is 3.63. The summed E-state index contributed by atoms with van der Waals surface area (Å²) in [5, 5.41) is 14.1. The van der Waals surface area contributed by atoms with Crippen LogP contribution in [-0.2, 0) is 6.54 Å². The van der Waals surface area contributed by atoms with E-state index in [4.69, 9.17) is 10.2 Å². The van der Waals surface area contributed by atoms with Gasteiger partial charge in [-0.2, -0.15) is 5.21 Å². The molecule has 0 bridgehead atoms. The number of hydrogen-bond donors (Lipinski definition) is 2. The second-order valence-electron chi connectivity index (χ2n) is 3.53. The van der Waals surface area contributed by atoms with Crippen LogP contribution in [0.5, 0.6) is 0 Å². The van der Waals surface area contributed by atoms with Crippen molar-refractivity contribution >= 4 is 11.0 Å². The minimum atomic E-state index is -0.381. The number of fused-ring (bicyclic) bond motifs is 1. The van der Waals surface area contributed by atoms with Crippen LogP contribution in [0, 0.1) is 5.82 Å². The Hall–Kier alpha value is -2.28. The third kappa shape index (κ3) is 1.56. The first kappa shape index (κ1) is 9.91. The number of aromatic nitrogens is 4. The molecular formula is C10H8FN5O. The summed E-state index contributed by atoms with van der Waals surface area (Å²) in [7, 11) is 0. The summed E-state index contributed by atoms with van der Waals surface area (Å²) >= 11 is 0. The maximum absolute atomic E-state index is 13.5. The molecule has 0 unspecified atom stereocenters. The molecule has 3 aromatic rings. The third-order valence-corrected chi connectivity index (χ3v) is 2.47. The summed E-state index contributed by atoms with van der Waals surface area (Å²) in [5.41, 5.74) is 6.31. The van der Waals surface area contributed by atoms with Gasteiger partial charge in [0.15, 0.2) is 5.76 Å². The zero-order valence-electron chi connectivity index (χ0n) is 8.64. The van der Waals surface area contributed by atoms with E-state index in [0.717, 1.165) is 5.39 Å². The van der Waals surface area contributed by atoms with E-state index >= 15 is 0 Å². The maximum atomic E-state index is 13.5. The van der Waals surface area contributed by atoms with E-state index in [0.29, 0.717) is 22.7 Å². The first-order valence-corrected chi connectivity index (χ1v) is 4.94. The van der Waals surface area contributed by atoms with Gasteiger partial charge in [-0.05, 0) is 17.3 Å². The molecule has 0 radical (unpaired) electrons. The summed E-state index contributed by atoms with van der Waals surface area (Å²) < 4.78 is 18.9. The van der Waals surface area contributed by atoms with Crippen LogP contribution < -0.4 is 5.73 Å². The van der Waals surface area contributed by atoms with E-state index in [9.17, 15) is 4.39 Å². The minimum Gasteiger partial charge on any atom is -0.452 e. The summed E-state index contributed by atoms with van der Waals surface area (Å²) in [6.07, 6.45) is 0. The van der Waals surface area contributed by atoms with Crippen LogP contribution in [0.25, 0.3) is 22.6 Å². The number of tetrazole rings is 1. The maximum Gasteiger partial charge on any atom is 0.239 e. The predicted octanol–water partition coefficient (Wildman–Crippen LogP) is 1.21. The van der Waals surface area contributed by atoms with Crippen molar-refractivity contribution in [3.05, 3.63) is 29.6 Å². The third-order valence-electron chi connectivity index (χ3n) is 2.47. The highest BCUT2D eigenvalue weighted by Gasteiger charge is 2.12. The highest BCUT2D eigenvalue weighted by Crippen LogP contribution is 2.27. The average Bonchev–Trinajstić information content (AvgIpc) is 2.95. The molecule has 17 heavy (non-hydrogen) atoms. The van der Waals surface area contributed by atoms with E-state index in [-0.39, 0.29) is 12.4 Å². The molecule has 0 aliphatic carbocycles. The molecule has 2 aromatic heterocycles. The number of nitrogens with one attached hydrogen (secondary N) is 1. The van der Waals surface area contributed by atoms with Crippen molar-refractivity contribution in [1.29, 1.82) is 0 Å². The minimum absolute atomic E-state index is 0.143. The molecule has 0 spiro atoms. The molecule has 0 aliphatic rings. The van der Waals surface area contributed by atoms with Gasteiger partial charge in [0.25, 0.3) is 0 Å². The fourth-order valence-electron chi connectivity index (χ4n) is 1.64. The number of aromatic amines is 1.